The van der Waals surface area contributed by atoms with E-state index < -0.39 is 0 Å². The largest absolute Gasteiger partial charge is 0.366 e. The number of nitrogens with zero attached hydrogens (tertiary/aromatic N) is 2. The van der Waals surface area contributed by atoms with Gasteiger partial charge >= 0.3 is 0 Å². The Morgan fingerprint density at radius 2 is 2.20 bits per heavy atom. The Bertz CT molecular complexity index is 377. The summed E-state index contributed by atoms with van der Waals surface area (Å²) in [6.45, 7) is 4.77. The summed E-state index contributed by atoms with van der Waals surface area (Å²) >= 11 is 3.27. The molecule has 0 aliphatic rings. The highest BCUT2D eigenvalue weighted by atomic mass is 79.9. The molecule has 82 valence electrons. The van der Waals surface area contributed by atoms with Crippen LogP contribution in [0.4, 0.5) is 10.1 Å². The lowest BCUT2D eigenvalue weighted by Crippen LogP contribution is -2.14. The molecule has 0 aliphatic heterocycles. The molecule has 1 aromatic carbocycles. The molecule has 0 N–H and O–H groups in total. The first-order valence-corrected chi connectivity index (χ1v) is 5.54. The highest BCUT2D eigenvalue weighted by Crippen LogP contribution is 2.25. The van der Waals surface area contributed by atoms with Gasteiger partial charge in [-0.05, 0) is 31.5 Å². The fourth-order valence-corrected chi connectivity index (χ4v) is 1.30. The maximum absolute atomic E-state index is 13.4. The van der Waals surface area contributed by atoms with Gasteiger partial charge in [0.05, 0.1) is 6.34 Å². The predicted molar refractivity (Wildman–Crippen MR) is 65.3 cm³/mol. The van der Waals surface area contributed by atoms with Crippen LogP contribution in [0.15, 0.2) is 21.6 Å². The van der Waals surface area contributed by atoms with E-state index in [1.165, 1.54) is 6.07 Å². The molecule has 0 saturated heterocycles. The molecule has 0 fully saturated rings. The summed E-state index contributed by atoms with van der Waals surface area (Å²) in [6, 6.07) is 3.16. The van der Waals surface area contributed by atoms with Crippen LogP contribution >= 0.6 is 15.9 Å². The highest BCUT2D eigenvalue weighted by molar-refractivity contribution is 9.10. The molecule has 1 rings (SSSR count). The van der Waals surface area contributed by atoms with Crippen LogP contribution in [0.3, 0.4) is 0 Å². The third kappa shape index (κ3) is 3.30. The molecular formula is C11H14BrFN2. The van der Waals surface area contributed by atoms with E-state index in [9.17, 15) is 4.39 Å². The van der Waals surface area contributed by atoms with Gasteiger partial charge in [0.2, 0.25) is 0 Å². The van der Waals surface area contributed by atoms with Crippen LogP contribution in [-0.4, -0.2) is 24.8 Å². The summed E-state index contributed by atoms with van der Waals surface area (Å²) in [5.74, 6) is -0.312. The zero-order chi connectivity index (χ0) is 11.4. The van der Waals surface area contributed by atoms with Gasteiger partial charge in [-0.1, -0.05) is 15.9 Å². The average Bonchev–Trinajstić information content (AvgIpc) is 2.21. The van der Waals surface area contributed by atoms with Crippen molar-refractivity contribution < 1.29 is 4.39 Å². The predicted octanol–water partition coefficient (Wildman–Crippen LogP) is 3.51. The number of aryl methyl sites for hydroxylation is 1. The van der Waals surface area contributed by atoms with Crippen LogP contribution in [0.25, 0.3) is 0 Å². The number of hydrogen-bond donors (Lipinski definition) is 0. The van der Waals surface area contributed by atoms with Gasteiger partial charge in [0.1, 0.15) is 11.5 Å². The first-order valence-electron chi connectivity index (χ1n) is 4.74. The van der Waals surface area contributed by atoms with Gasteiger partial charge in [-0.3, -0.25) is 0 Å². The zero-order valence-electron chi connectivity index (χ0n) is 9.09. The maximum atomic E-state index is 13.4. The molecule has 0 spiro atoms. The van der Waals surface area contributed by atoms with E-state index in [0.29, 0.717) is 5.69 Å². The monoisotopic (exact) mass is 272 g/mol. The van der Waals surface area contributed by atoms with Gasteiger partial charge in [-0.25, -0.2) is 9.38 Å². The average molecular weight is 273 g/mol. The van der Waals surface area contributed by atoms with Crippen molar-refractivity contribution in [2.75, 3.05) is 13.6 Å². The molecular weight excluding hydrogens is 259 g/mol. The van der Waals surface area contributed by atoms with Crippen molar-refractivity contribution in [3.8, 4) is 0 Å². The molecule has 15 heavy (non-hydrogen) atoms. The third-order valence-electron chi connectivity index (χ3n) is 2.12. The van der Waals surface area contributed by atoms with E-state index in [2.05, 4.69) is 20.9 Å². The Labute approximate surface area is 97.9 Å². The minimum absolute atomic E-state index is 0.312. The minimum atomic E-state index is -0.312. The first-order chi connectivity index (χ1) is 7.04. The van der Waals surface area contributed by atoms with Crippen LogP contribution in [0.5, 0.6) is 0 Å². The second-order valence-corrected chi connectivity index (χ2v) is 4.22. The van der Waals surface area contributed by atoms with Crippen LogP contribution in [0, 0.1) is 12.7 Å². The Morgan fingerprint density at radius 1 is 1.53 bits per heavy atom. The standard InChI is InChI=1S/C11H14BrFN2/c1-4-15(3)7-14-11-5-8(2)9(12)6-10(11)13/h5-7H,4H2,1-3H3. The highest BCUT2D eigenvalue weighted by Gasteiger charge is 2.04. The Hall–Kier alpha value is -0.900. The van der Waals surface area contributed by atoms with Gasteiger partial charge in [0, 0.05) is 18.1 Å². The molecule has 0 radical (unpaired) electrons. The maximum Gasteiger partial charge on any atom is 0.150 e. The van der Waals surface area contributed by atoms with Crippen molar-refractivity contribution in [3.05, 3.63) is 28.0 Å². The SMILES string of the molecule is CCN(C)C=Nc1cc(C)c(Br)cc1F. The Kier molecular flexibility index (Phi) is 4.27. The molecule has 0 bridgehead atoms. The molecule has 2 nitrogen and oxygen atoms in total. The lowest BCUT2D eigenvalue weighted by atomic mass is 10.2. The van der Waals surface area contributed by atoms with Crippen molar-refractivity contribution in [2.45, 2.75) is 13.8 Å². The lowest BCUT2D eigenvalue weighted by molar-refractivity contribution is 0.551. The van der Waals surface area contributed by atoms with Crippen LogP contribution in [0.1, 0.15) is 12.5 Å². The van der Waals surface area contributed by atoms with E-state index >= 15 is 0 Å². The molecule has 0 amide bonds. The zero-order valence-corrected chi connectivity index (χ0v) is 10.7. The first kappa shape index (κ1) is 12.2. The topological polar surface area (TPSA) is 15.6 Å². The molecule has 0 aliphatic carbocycles. The number of halogens is 2. The normalized spacial score (nSPS) is 11.0. The molecule has 0 saturated carbocycles. The Morgan fingerprint density at radius 3 is 2.80 bits per heavy atom. The second kappa shape index (κ2) is 5.26. The molecule has 4 heteroatoms. The van der Waals surface area contributed by atoms with Crippen LogP contribution in [0.2, 0.25) is 0 Å². The van der Waals surface area contributed by atoms with Crippen molar-refractivity contribution in [1.29, 1.82) is 0 Å². The number of hydrogen-bond acceptors (Lipinski definition) is 1. The summed E-state index contributed by atoms with van der Waals surface area (Å²) < 4.78 is 14.2. The van der Waals surface area contributed by atoms with Crippen molar-refractivity contribution in [1.82, 2.24) is 4.90 Å². The minimum Gasteiger partial charge on any atom is -0.366 e. The molecule has 0 aromatic heterocycles. The summed E-state index contributed by atoms with van der Waals surface area (Å²) in [4.78, 5) is 5.97. The van der Waals surface area contributed by atoms with Gasteiger partial charge in [0.15, 0.2) is 0 Å². The second-order valence-electron chi connectivity index (χ2n) is 3.37. The smallest absolute Gasteiger partial charge is 0.150 e. The summed E-state index contributed by atoms with van der Waals surface area (Å²) in [5.41, 5.74) is 1.35. The molecule has 1 aromatic rings. The van der Waals surface area contributed by atoms with E-state index in [1.54, 1.807) is 12.4 Å². The van der Waals surface area contributed by atoms with Crippen molar-refractivity contribution >= 4 is 28.0 Å². The molecule has 0 atom stereocenters. The van der Waals surface area contributed by atoms with Crippen LogP contribution in [-0.2, 0) is 0 Å². The quantitative estimate of drug-likeness (QED) is 0.608. The van der Waals surface area contributed by atoms with Gasteiger partial charge in [-0.15, -0.1) is 0 Å². The van der Waals surface area contributed by atoms with Gasteiger partial charge < -0.3 is 4.90 Å². The molecule has 0 heterocycles. The number of aliphatic imine (C=N–C) groups is 1. The van der Waals surface area contributed by atoms with E-state index in [4.69, 9.17) is 0 Å². The summed E-state index contributed by atoms with van der Waals surface area (Å²) in [6.07, 6.45) is 1.63. The van der Waals surface area contributed by atoms with E-state index in [1.807, 2.05) is 25.8 Å². The number of rotatable bonds is 3. The fourth-order valence-electron chi connectivity index (χ4n) is 0.983. The van der Waals surface area contributed by atoms with Gasteiger partial charge in [0.25, 0.3) is 0 Å². The van der Waals surface area contributed by atoms with E-state index in [0.717, 1.165) is 16.6 Å². The van der Waals surface area contributed by atoms with Crippen molar-refractivity contribution in [2.24, 2.45) is 4.99 Å². The third-order valence-corrected chi connectivity index (χ3v) is 2.98. The molecule has 0 unspecified atom stereocenters. The summed E-state index contributed by atoms with van der Waals surface area (Å²) in [7, 11) is 1.90. The van der Waals surface area contributed by atoms with E-state index in [-0.39, 0.29) is 5.82 Å². The van der Waals surface area contributed by atoms with Crippen molar-refractivity contribution in [3.63, 3.8) is 0 Å². The van der Waals surface area contributed by atoms with Crippen LogP contribution < -0.4 is 0 Å². The lowest BCUT2D eigenvalue weighted by Gasteiger charge is -2.08. The summed E-state index contributed by atoms with van der Waals surface area (Å²) in [5, 5.41) is 0. The Balaban J connectivity index is 2.95. The fraction of sp³-hybridized carbons (Fsp3) is 0.364. The van der Waals surface area contributed by atoms with Gasteiger partial charge in [-0.2, -0.15) is 0 Å². The number of benzene rings is 1.